The van der Waals surface area contributed by atoms with Crippen LogP contribution in [0.25, 0.3) is 0 Å². The van der Waals surface area contributed by atoms with E-state index in [4.69, 9.17) is 9.84 Å². The molecule has 1 fully saturated rings. The number of aliphatic carboxylic acids is 1. The maximum Gasteiger partial charge on any atom is 0.303 e. The van der Waals surface area contributed by atoms with Crippen LogP contribution in [-0.4, -0.2) is 23.3 Å². The number of unbranched alkanes of at least 4 members (excludes halogenated alkanes) is 9. The van der Waals surface area contributed by atoms with Gasteiger partial charge in [-0.3, -0.25) is 4.79 Å². The third-order valence-electron chi connectivity index (χ3n) is 4.41. The highest BCUT2D eigenvalue weighted by atomic mass is 18.4. The first kappa shape index (κ1) is 18.5. The molecule has 1 heterocycles. The molecular formula is C18H34O3. The second kappa shape index (κ2) is 12.0. The van der Waals surface area contributed by atoms with Crippen LogP contribution < -0.4 is 0 Å². The Morgan fingerprint density at radius 3 is 1.81 bits per heavy atom. The van der Waals surface area contributed by atoms with Crippen molar-refractivity contribution in [1.29, 1.82) is 0 Å². The van der Waals surface area contributed by atoms with Gasteiger partial charge in [0, 0.05) is 6.42 Å². The Bertz CT molecular complexity index is 265. The first-order chi connectivity index (χ1) is 10.2. The van der Waals surface area contributed by atoms with Gasteiger partial charge in [0.2, 0.25) is 0 Å². The fourth-order valence-electron chi connectivity index (χ4n) is 2.96. The van der Waals surface area contributed by atoms with E-state index in [0.717, 1.165) is 12.8 Å². The Morgan fingerprint density at radius 2 is 1.29 bits per heavy atom. The van der Waals surface area contributed by atoms with Crippen LogP contribution in [0, 0.1) is 0 Å². The Hall–Kier alpha value is -0.570. The second-order valence-corrected chi connectivity index (χ2v) is 6.47. The van der Waals surface area contributed by atoms with E-state index in [2.05, 4.69) is 6.92 Å². The Morgan fingerprint density at radius 1 is 0.810 bits per heavy atom. The van der Waals surface area contributed by atoms with E-state index in [-0.39, 0.29) is 0 Å². The summed E-state index contributed by atoms with van der Waals surface area (Å²) in [6.07, 6.45) is 17.6. The number of epoxide rings is 1. The lowest BCUT2D eigenvalue weighted by Gasteiger charge is -2.00. The van der Waals surface area contributed by atoms with Gasteiger partial charge in [-0.1, -0.05) is 71.1 Å². The number of carbonyl (C=O) groups is 1. The molecule has 0 aromatic carbocycles. The lowest BCUT2D eigenvalue weighted by atomic mass is 10.0. The second-order valence-electron chi connectivity index (χ2n) is 6.47. The van der Waals surface area contributed by atoms with Crippen molar-refractivity contribution >= 4 is 5.97 Å². The minimum absolute atomic E-state index is 0.325. The highest BCUT2D eigenvalue weighted by Gasteiger charge is 2.36. The zero-order chi connectivity index (χ0) is 15.3. The highest BCUT2D eigenvalue weighted by molar-refractivity contribution is 5.66. The lowest BCUT2D eigenvalue weighted by Crippen LogP contribution is -1.95. The van der Waals surface area contributed by atoms with Gasteiger partial charge in [0.1, 0.15) is 0 Å². The van der Waals surface area contributed by atoms with Gasteiger partial charge in [-0.15, -0.1) is 0 Å². The maximum atomic E-state index is 10.4. The molecule has 0 aliphatic carbocycles. The van der Waals surface area contributed by atoms with Crippen LogP contribution in [0.4, 0.5) is 0 Å². The zero-order valence-corrected chi connectivity index (χ0v) is 13.8. The van der Waals surface area contributed by atoms with Crippen LogP contribution in [0.5, 0.6) is 0 Å². The van der Waals surface area contributed by atoms with Crippen LogP contribution in [0.3, 0.4) is 0 Å². The number of rotatable bonds is 15. The molecule has 1 rings (SSSR count). The summed E-state index contributed by atoms with van der Waals surface area (Å²) in [6.45, 7) is 2.26. The van der Waals surface area contributed by atoms with Gasteiger partial charge >= 0.3 is 5.97 Å². The fourth-order valence-corrected chi connectivity index (χ4v) is 2.96. The van der Waals surface area contributed by atoms with Crippen molar-refractivity contribution in [3.05, 3.63) is 0 Å². The van der Waals surface area contributed by atoms with Gasteiger partial charge in [0.15, 0.2) is 0 Å². The monoisotopic (exact) mass is 300 g/mol. The molecule has 0 bridgehead atoms. The molecule has 1 saturated heterocycles. The molecule has 1 N–H and O–H groups in total. The molecular weight excluding hydrogens is 266 g/mol. The number of hydrogen-bond acceptors (Lipinski definition) is 2. The van der Waals surface area contributed by atoms with Crippen LogP contribution in [0.1, 0.15) is 96.8 Å². The summed E-state index contributed by atoms with van der Waals surface area (Å²) in [6, 6.07) is 0. The van der Waals surface area contributed by atoms with Crippen LogP contribution in [0.15, 0.2) is 0 Å². The number of hydrogen-bond donors (Lipinski definition) is 1. The van der Waals surface area contributed by atoms with E-state index < -0.39 is 5.97 Å². The van der Waals surface area contributed by atoms with Gasteiger partial charge < -0.3 is 9.84 Å². The SMILES string of the molecule is CCCCCCCC[C@@H]1[18O][C@@H]1CCCCCCCC(=O)O. The van der Waals surface area contributed by atoms with E-state index in [0.29, 0.717) is 18.6 Å². The van der Waals surface area contributed by atoms with Crippen molar-refractivity contribution in [1.82, 2.24) is 0 Å². The summed E-state index contributed by atoms with van der Waals surface area (Å²) in [5.41, 5.74) is 0. The van der Waals surface area contributed by atoms with Crippen molar-refractivity contribution in [2.75, 3.05) is 0 Å². The largest absolute Gasteiger partial charge is 0.481 e. The van der Waals surface area contributed by atoms with Crippen LogP contribution in [-0.2, 0) is 9.53 Å². The average Bonchev–Trinajstić information content (AvgIpc) is 3.20. The summed E-state index contributed by atoms with van der Waals surface area (Å²) in [7, 11) is 0. The van der Waals surface area contributed by atoms with Crippen molar-refractivity contribution in [3.8, 4) is 0 Å². The van der Waals surface area contributed by atoms with Crippen molar-refractivity contribution in [2.24, 2.45) is 0 Å². The zero-order valence-electron chi connectivity index (χ0n) is 13.8. The highest BCUT2D eigenvalue weighted by Crippen LogP contribution is 2.31. The quantitative estimate of drug-likeness (QED) is 0.253. The molecule has 1 aliphatic rings. The van der Waals surface area contributed by atoms with Gasteiger partial charge in [-0.05, 0) is 19.3 Å². The molecule has 21 heavy (non-hydrogen) atoms. The van der Waals surface area contributed by atoms with Gasteiger partial charge in [-0.2, -0.15) is 0 Å². The summed E-state index contributed by atoms with van der Waals surface area (Å²) in [5.74, 6) is -0.668. The number of carboxylic acids is 1. The normalized spacial score (nSPS) is 20.6. The fraction of sp³-hybridized carbons (Fsp3) is 0.944. The number of ether oxygens (including phenoxy) is 1. The molecule has 1 aliphatic heterocycles. The molecule has 2 atom stereocenters. The Kier molecular flexibility index (Phi) is 10.6. The molecule has 0 unspecified atom stereocenters. The third kappa shape index (κ3) is 10.8. The molecule has 0 spiro atoms. The van der Waals surface area contributed by atoms with Gasteiger partial charge in [0.05, 0.1) is 12.2 Å². The van der Waals surface area contributed by atoms with E-state index in [1.165, 1.54) is 70.6 Å². The molecule has 0 radical (unpaired) electrons. The standard InChI is InChI=1S/C18H34O3/c1-2-3-4-5-7-10-13-16-17(21-16)14-11-8-6-9-12-15-18(19)20/h16-17H,2-15H2,1H3,(H,19,20)/t16-,17+/m0/s1/i21+2. The molecule has 0 amide bonds. The minimum atomic E-state index is -0.668. The number of carboxylic acid groups (broad SMARTS) is 1. The smallest absolute Gasteiger partial charge is 0.303 e. The van der Waals surface area contributed by atoms with Crippen molar-refractivity contribution < 1.29 is 14.6 Å². The summed E-state index contributed by atoms with van der Waals surface area (Å²) >= 11 is 0. The third-order valence-corrected chi connectivity index (χ3v) is 4.41. The molecule has 0 saturated carbocycles. The summed E-state index contributed by atoms with van der Waals surface area (Å²) in [4.78, 5) is 10.4. The Labute approximate surface area is 130 Å². The maximum absolute atomic E-state index is 10.4. The lowest BCUT2D eigenvalue weighted by molar-refractivity contribution is -0.137. The molecule has 0 aromatic rings. The molecule has 3 heteroatoms. The first-order valence-corrected chi connectivity index (χ1v) is 9.11. The van der Waals surface area contributed by atoms with E-state index in [1.54, 1.807) is 0 Å². The topological polar surface area (TPSA) is 49.8 Å². The van der Waals surface area contributed by atoms with E-state index in [9.17, 15) is 4.79 Å². The molecule has 124 valence electrons. The van der Waals surface area contributed by atoms with E-state index >= 15 is 0 Å². The predicted octanol–water partition coefficient (Wildman–Crippen LogP) is 5.32. The Balaban J connectivity index is 1.77. The van der Waals surface area contributed by atoms with Crippen molar-refractivity contribution in [3.63, 3.8) is 0 Å². The van der Waals surface area contributed by atoms with E-state index in [1.807, 2.05) is 0 Å². The molecule has 3 nitrogen and oxygen atoms in total. The predicted molar refractivity (Wildman–Crippen MR) is 86.6 cm³/mol. The average molecular weight is 300 g/mol. The molecule has 0 aromatic heterocycles. The van der Waals surface area contributed by atoms with Crippen molar-refractivity contribution in [2.45, 2.75) is 109 Å². The van der Waals surface area contributed by atoms with Gasteiger partial charge in [-0.25, -0.2) is 0 Å². The van der Waals surface area contributed by atoms with Crippen LogP contribution in [0.2, 0.25) is 0 Å². The summed E-state index contributed by atoms with van der Waals surface area (Å²) < 4.78 is 5.73. The van der Waals surface area contributed by atoms with Gasteiger partial charge in [0.25, 0.3) is 0 Å². The first-order valence-electron chi connectivity index (χ1n) is 9.11. The minimum Gasteiger partial charge on any atom is -0.481 e. The summed E-state index contributed by atoms with van der Waals surface area (Å²) in [5, 5.41) is 8.54. The van der Waals surface area contributed by atoms with Crippen LogP contribution >= 0.6 is 0 Å².